The van der Waals surface area contributed by atoms with Gasteiger partial charge in [0.15, 0.2) is 0 Å². The molecular weight excluding hydrogens is 210 g/mol. The van der Waals surface area contributed by atoms with Crippen LogP contribution in [0.2, 0.25) is 0 Å². The molecule has 1 fully saturated rings. The van der Waals surface area contributed by atoms with Crippen LogP contribution in [-0.4, -0.2) is 30.4 Å². The zero-order valence-electron chi connectivity index (χ0n) is 9.53. The van der Waals surface area contributed by atoms with Crippen LogP contribution in [0.15, 0.2) is 0 Å². The second kappa shape index (κ2) is 6.38. The minimum absolute atomic E-state index is 0.0336. The zero-order chi connectivity index (χ0) is 11.3. The van der Waals surface area contributed by atoms with Crippen molar-refractivity contribution in [3.63, 3.8) is 0 Å². The van der Waals surface area contributed by atoms with E-state index in [2.05, 4.69) is 17.9 Å². The lowest BCUT2D eigenvalue weighted by atomic mass is 10.1. The molecule has 3 nitrogen and oxygen atoms in total. The van der Waals surface area contributed by atoms with Crippen molar-refractivity contribution in [2.45, 2.75) is 44.5 Å². The fourth-order valence-electron chi connectivity index (χ4n) is 1.64. The molecule has 2 atom stereocenters. The summed E-state index contributed by atoms with van der Waals surface area (Å²) in [5.74, 6) is 0.308. The summed E-state index contributed by atoms with van der Waals surface area (Å²) >= 11 is 4.26. The second-order valence-electron chi connectivity index (χ2n) is 4.40. The van der Waals surface area contributed by atoms with Gasteiger partial charge in [0.05, 0.1) is 11.4 Å². The van der Waals surface area contributed by atoms with E-state index in [1.54, 1.807) is 0 Å². The van der Waals surface area contributed by atoms with Crippen molar-refractivity contribution in [2.24, 2.45) is 5.92 Å². The average Bonchev–Trinajstić information content (AvgIpc) is 2.69. The molecule has 1 aliphatic rings. The molecule has 1 saturated heterocycles. The summed E-state index contributed by atoms with van der Waals surface area (Å²) in [4.78, 5) is 11.5. The number of carbonyl (C=O) groups excluding carboxylic acids is 1. The van der Waals surface area contributed by atoms with Crippen molar-refractivity contribution < 1.29 is 9.53 Å². The first-order chi connectivity index (χ1) is 7.11. The van der Waals surface area contributed by atoms with Gasteiger partial charge in [-0.15, -0.1) is 0 Å². The van der Waals surface area contributed by atoms with Gasteiger partial charge in [0.2, 0.25) is 5.91 Å². The predicted octanol–water partition coefficient (Wildman–Crippen LogP) is 1.63. The van der Waals surface area contributed by atoms with E-state index in [0.717, 1.165) is 25.9 Å². The smallest absolute Gasteiger partial charge is 0.233 e. The highest BCUT2D eigenvalue weighted by Gasteiger charge is 2.19. The van der Waals surface area contributed by atoms with Gasteiger partial charge in [0.25, 0.3) is 0 Å². The molecule has 2 unspecified atom stereocenters. The summed E-state index contributed by atoms with van der Waals surface area (Å²) in [6, 6.07) is 0. The third-order valence-electron chi connectivity index (χ3n) is 2.69. The fraction of sp³-hybridized carbons (Fsp3) is 0.909. The van der Waals surface area contributed by atoms with Gasteiger partial charge in [-0.2, -0.15) is 12.6 Å². The fourth-order valence-corrected chi connectivity index (χ4v) is 1.73. The summed E-state index contributed by atoms with van der Waals surface area (Å²) in [6.07, 6.45) is 3.55. The van der Waals surface area contributed by atoms with Crippen LogP contribution in [0.3, 0.4) is 0 Å². The first-order valence-electron chi connectivity index (χ1n) is 5.68. The summed E-state index contributed by atoms with van der Waals surface area (Å²) in [5.41, 5.74) is 0. The molecule has 0 aromatic heterocycles. The van der Waals surface area contributed by atoms with E-state index in [1.807, 2.05) is 13.8 Å². The van der Waals surface area contributed by atoms with Crippen molar-refractivity contribution in [3.8, 4) is 0 Å². The molecule has 1 rings (SSSR count). The number of rotatable bonds is 5. The van der Waals surface area contributed by atoms with E-state index >= 15 is 0 Å². The maximum atomic E-state index is 11.5. The Bertz CT molecular complexity index is 203. The minimum atomic E-state index is -0.200. The molecule has 1 N–H and O–H groups in total. The SMILES string of the molecule is CC(C)C(S)C(=O)NCCC1CCCO1. The Labute approximate surface area is 97.4 Å². The molecule has 1 amide bonds. The largest absolute Gasteiger partial charge is 0.378 e. The van der Waals surface area contributed by atoms with Crippen LogP contribution in [0.5, 0.6) is 0 Å². The van der Waals surface area contributed by atoms with Gasteiger partial charge in [-0.3, -0.25) is 4.79 Å². The molecule has 1 aliphatic heterocycles. The third kappa shape index (κ3) is 4.43. The Morgan fingerprint density at radius 2 is 2.33 bits per heavy atom. The Morgan fingerprint density at radius 3 is 2.87 bits per heavy atom. The van der Waals surface area contributed by atoms with E-state index in [-0.39, 0.29) is 17.1 Å². The molecule has 0 aromatic rings. The van der Waals surface area contributed by atoms with Crippen molar-refractivity contribution in [1.29, 1.82) is 0 Å². The quantitative estimate of drug-likeness (QED) is 0.706. The highest BCUT2D eigenvalue weighted by Crippen LogP contribution is 2.14. The van der Waals surface area contributed by atoms with Crippen LogP contribution in [0, 0.1) is 5.92 Å². The number of carbonyl (C=O) groups is 1. The van der Waals surface area contributed by atoms with E-state index in [1.165, 1.54) is 0 Å². The maximum Gasteiger partial charge on any atom is 0.233 e. The van der Waals surface area contributed by atoms with Crippen LogP contribution in [0.4, 0.5) is 0 Å². The highest BCUT2D eigenvalue weighted by atomic mass is 32.1. The van der Waals surface area contributed by atoms with Gasteiger partial charge in [0, 0.05) is 13.2 Å². The lowest BCUT2D eigenvalue weighted by Gasteiger charge is -2.15. The molecule has 88 valence electrons. The summed E-state index contributed by atoms with van der Waals surface area (Å²) in [5, 5.41) is 2.70. The van der Waals surface area contributed by atoms with Gasteiger partial charge in [-0.25, -0.2) is 0 Å². The van der Waals surface area contributed by atoms with E-state index in [4.69, 9.17) is 4.74 Å². The van der Waals surface area contributed by atoms with Crippen LogP contribution in [-0.2, 0) is 9.53 Å². The summed E-state index contributed by atoms with van der Waals surface area (Å²) in [6.45, 7) is 5.57. The van der Waals surface area contributed by atoms with Crippen molar-refractivity contribution in [2.75, 3.05) is 13.2 Å². The van der Waals surface area contributed by atoms with Crippen LogP contribution < -0.4 is 5.32 Å². The number of nitrogens with one attached hydrogen (secondary N) is 1. The molecule has 0 saturated carbocycles. The third-order valence-corrected chi connectivity index (χ3v) is 3.52. The lowest BCUT2D eigenvalue weighted by Crippen LogP contribution is -2.35. The van der Waals surface area contributed by atoms with Crippen LogP contribution in [0.1, 0.15) is 33.1 Å². The van der Waals surface area contributed by atoms with Gasteiger partial charge in [-0.05, 0) is 25.2 Å². The Balaban J connectivity index is 2.11. The molecule has 4 heteroatoms. The molecule has 0 bridgehead atoms. The normalized spacial score (nSPS) is 23.1. The zero-order valence-corrected chi connectivity index (χ0v) is 10.4. The van der Waals surface area contributed by atoms with Crippen molar-refractivity contribution >= 4 is 18.5 Å². The standard InChI is InChI=1S/C11H21NO2S/c1-8(2)10(15)11(13)12-6-5-9-4-3-7-14-9/h8-10,15H,3-7H2,1-2H3,(H,12,13). The van der Waals surface area contributed by atoms with Crippen molar-refractivity contribution in [3.05, 3.63) is 0 Å². The number of thiol groups is 1. The Morgan fingerprint density at radius 1 is 1.60 bits per heavy atom. The molecule has 0 aliphatic carbocycles. The van der Waals surface area contributed by atoms with E-state index in [0.29, 0.717) is 12.6 Å². The number of amides is 1. The minimum Gasteiger partial charge on any atom is -0.378 e. The van der Waals surface area contributed by atoms with Crippen LogP contribution in [0.25, 0.3) is 0 Å². The van der Waals surface area contributed by atoms with Gasteiger partial charge >= 0.3 is 0 Å². The average molecular weight is 231 g/mol. The van der Waals surface area contributed by atoms with Gasteiger partial charge < -0.3 is 10.1 Å². The van der Waals surface area contributed by atoms with Crippen LogP contribution >= 0.6 is 12.6 Å². The highest BCUT2D eigenvalue weighted by molar-refractivity contribution is 7.81. The topological polar surface area (TPSA) is 38.3 Å². The second-order valence-corrected chi connectivity index (χ2v) is 4.96. The van der Waals surface area contributed by atoms with E-state index < -0.39 is 0 Å². The molecule has 0 aromatic carbocycles. The van der Waals surface area contributed by atoms with E-state index in [9.17, 15) is 4.79 Å². The Hall–Kier alpha value is -0.220. The monoisotopic (exact) mass is 231 g/mol. The molecule has 0 spiro atoms. The van der Waals surface area contributed by atoms with Gasteiger partial charge in [-0.1, -0.05) is 13.8 Å². The first kappa shape index (κ1) is 12.8. The maximum absolute atomic E-state index is 11.5. The number of ether oxygens (including phenoxy) is 1. The molecule has 0 radical (unpaired) electrons. The summed E-state index contributed by atoms with van der Waals surface area (Å²) < 4.78 is 5.47. The number of hydrogen-bond donors (Lipinski definition) is 2. The Kier molecular flexibility index (Phi) is 5.47. The lowest BCUT2D eigenvalue weighted by molar-refractivity contribution is -0.121. The van der Waals surface area contributed by atoms with Gasteiger partial charge in [0.1, 0.15) is 0 Å². The summed E-state index contributed by atoms with van der Waals surface area (Å²) in [7, 11) is 0. The molecular formula is C11H21NO2S. The predicted molar refractivity (Wildman–Crippen MR) is 64.2 cm³/mol. The molecule has 15 heavy (non-hydrogen) atoms. The first-order valence-corrected chi connectivity index (χ1v) is 6.20. The number of hydrogen-bond acceptors (Lipinski definition) is 3. The molecule has 1 heterocycles. The van der Waals surface area contributed by atoms with Crippen molar-refractivity contribution in [1.82, 2.24) is 5.32 Å².